The monoisotopic (exact) mass is 254 g/mol. The molecule has 2 N–H and O–H groups in total. The molecule has 3 heteroatoms. The molecule has 0 radical (unpaired) electrons. The van der Waals surface area contributed by atoms with Gasteiger partial charge in [-0.25, -0.2) is 0 Å². The second-order valence-electron chi connectivity index (χ2n) is 5.25. The zero-order chi connectivity index (χ0) is 13.2. The van der Waals surface area contributed by atoms with Crippen LogP contribution in [0.2, 0.25) is 5.02 Å². The van der Waals surface area contributed by atoms with Crippen molar-refractivity contribution in [3.63, 3.8) is 0 Å². The van der Waals surface area contributed by atoms with E-state index < -0.39 is 0 Å². The molecule has 17 heavy (non-hydrogen) atoms. The standard InChI is InChI=1S/C14H23ClN2/c1-9(2)6-11(4)17(5)14-8-12(15)13(16)7-10(14)3/h7-9,11H,6,16H2,1-5H3. The molecule has 1 aromatic rings. The molecular weight excluding hydrogens is 232 g/mol. The van der Waals surface area contributed by atoms with Gasteiger partial charge in [-0.2, -0.15) is 0 Å². The van der Waals surface area contributed by atoms with Crippen molar-refractivity contribution >= 4 is 23.0 Å². The highest BCUT2D eigenvalue weighted by molar-refractivity contribution is 6.33. The normalized spacial score (nSPS) is 12.9. The Morgan fingerprint density at radius 1 is 1.29 bits per heavy atom. The van der Waals surface area contributed by atoms with Crippen LogP contribution in [0.25, 0.3) is 0 Å². The summed E-state index contributed by atoms with van der Waals surface area (Å²) in [4.78, 5) is 2.28. The third kappa shape index (κ3) is 3.53. The van der Waals surface area contributed by atoms with Gasteiger partial charge in [0.05, 0.1) is 10.7 Å². The van der Waals surface area contributed by atoms with Crippen molar-refractivity contribution in [2.45, 2.75) is 40.2 Å². The van der Waals surface area contributed by atoms with Crippen LogP contribution in [0, 0.1) is 12.8 Å². The Hall–Kier alpha value is -0.890. The molecule has 1 unspecified atom stereocenters. The van der Waals surface area contributed by atoms with E-state index >= 15 is 0 Å². The fraction of sp³-hybridized carbons (Fsp3) is 0.571. The van der Waals surface area contributed by atoms with Gasteiger partial charge in [0, 0.05) is 18.8 Å². The quantitative estimate of drug-likeness (QED) is 0.820. The first-order valence-electron chi connectivity index (χ1n) is 6.11. The molecule has 0 aliphatic rings. The number of benzene rings is 1. The summed E-state index contributed by atoms with van der Waals surface area (Å²) in [6, 6.07) is 4.40. The van der Waals surface area contributed by atoms with E-state index in [1.807, 2.05) is 12.1 Å². The first-order chi connectivity index (χ1) is 7.82. The number of nitrogen functional groups attached to an aromatic ring is 1. The lowest BCUT2D eigenvalue weighted by atomic mass is 10.0. The van der Waals surface area contributed by atoms with Crippen molar-refractivity contribution in [1.29, 1.82) is 0 Å². The summed E-state index contributed by atoms with van der Waals surface area (Å²) in [5.74, 6) is 0.692. The zero-order valence-corrected chi connectivity index (χ0v) is 12.2. The smallest absolute Gasteiger partial charge is 0.0656 e. The van der Waals surface area contributed by atoms with E-state index in [2.05, 4.69) is 39.6 Å². The molecule has 96 valence electrons. The van der Waals surface area contributed by atoms with Gasteiger partial charge in [0.1, 0.15) is 0 Å². The minimum atomic E-state index is 0.494. The third-order valence-corrected chi connectivity index (χ3v) is 3.50. The predicted molar refractivity (Wildman–Crippen MR) is 77.9 cm³/mol. The highest BCUT2D eigenvalue weighted by Gasteiger charge is 2.14. The molecular formula is C14H23ClN2. The molecule has 0 saturated carbocycles. The van der Waals surface area contributed by atoms with Crippen LogP contribution in [0.5, 0.6) is 0 Å². The molecule has 1 aromatic carbocycles. The van der Waals surface area contributed by atoms with Crippen LogP contribution < -0.4 is 10.6 Å². The molecule has 0 aromatic heterocycles. The highest BCUT2D eigenvalue weighted by atomic mass is 35.5. The van der Waals surface area contributed by atoms with Gasteiger partial charge in [-0.3, -0.25) is 0 Å². The van der Waals surface area contributed by atoms with Gasteiger partial charge >= 0.3 is 0 Å². The summed E-state index contributed by atoms with van der Waals surface area (Å²) in [5.41, 5.74) is 8.78. The minimum Gasteiger partial charge on any atom is -0.398 e. The summed E-state index contributed by atoms with van der Waals surface area (Å²) in [7, 11) is 2.11. The largest absolute Gasteiger partial charge is 0.398 e. The van der Waals surface area contributed by atoms with Gasteiger partial charge in [-0.15, -0.1) is 0 Å². The highest BCUT2D eigenvalue weighted by Crippen LogP contribution is 2.30. The molecule has 1 rings (SSSR count). The van der Waals surface area contributed by atoms with Gasteiger partial charge in [0.15, 0.2) is 0 Å². The van der Waals surface area contributed by atoms with Crippen LogP contribution in [0.15, 0.2) is 12.1 Å². The number of rotatable bonds is 4. The van der Waals surface area contributed by atoms with Gasteiger partial charge in [0.25, 0.3) is 0 Å². The molecule has 0 spiro atoms. The first kappa shape index (κ1) is 14.2. The van der Waals surface area contributed by atoms with Crippen molar-refractivity contribution in [3.05, 3.63) is 22.7 Å². The molecule has 0 bridgehead atoms. The number of hydrogen-bond acceptors (Lipinski definition) is 2. The summed E-state index contributed by atoms with van der Waals surface area (Å²) in [6.45, 7) is 8.80. The Labute approximate surface area is 110 Å². The Morgan fingerprint density at radius 2 is 1.88 bits per heavy atom. The van der Waals surface area contributed by atoms with E-state index in [-0.39, 0.29) is 0 Å². The Bertz CT molecular complexity index is 388. The Morgan fingerprint density at radius 3 is 2.41 bits per heavy atom. The first-order valence-corrected chi connectivity index (χ1v) is 6.49. The summed E-state index contributed by atoms with van der Waals surface area (Å²) >= 11 is 6.09. The number of hydrogen-bond donors (Lipinski definition) is 1. The number of halogens is 1. The van der Waals surface area contributed by atoms with Crippen LogP contribution >= 0.6 is 11.6 Å². The fourth-order valence-electron chi connectivity index (χ4n) is 2.15. The van der Waals surface area contributed by atoms with E-state index in [4.69, 9.17) is 17.3 Å². The number of nitrogens with two attached hydrogens (primary N) is 1. The average molecular weight is 255 g/mol. The zero-order valence-electron chi connectivity index (χ0n) is 11.4. The van der Waals surface area contributed by atoms with Crippen molar-refractivity contribution in [2.75, 3.05) is 17.7 Å². The lowest BCUT2D eigenvalue weighted by molar-refractivity contribution is 0.504. The maximum atomic E-state index is 6.09. The van der Waals surface area contributed by atoms with E-state index in [1.165, 1.54) is 5.56 Å². The number of nitrogens with zero attached hydrogens (tertiary/aromatic N) is 1. The minimum absolute atomic E-state index is 0.494. The molecule has 0 fully saturated rings. The fourth-order valence-corrected chi connectivity index (χ4v) is 2.31. The van der Waals surface area contributed by atoms with Crippen LogP contribution in [0.4, 0.5) is 11.4 Å². The lowest BCUT2D eigenvalue weighted by Gasteiger charge is -2.30. The summed E-state index contributed by atoms with van der Waals surface area (Å²) in [6.07, 6.45) is 1.16. The van der Waals surface area contributed by atoms with Gasteiger partial charge in [-0.1, -0.05) is 25.4 Å². The molecule has 0 heterocycles. The van der Waals surface area contributed by atoms with Crippen molar-refractivity contribution in [3.8, 4) is 0 Å². The van der Waals surface area contributed by atoms with Gasteiger partial charge in [0.2, 0.25) is 0 Å². The molecule has 0 aliphatic carbocycles. The summed E-state index contributed by atoms with van der Waals surface area (Å²) < 4.78 is 0. The molecule has 0 amide bonds. The second kappa shape index (κ2) is 5.63. The van der Waals surface area contributed by atoms with Crippen molar-refractivity contribution in [1.82, 2.24) is 0 Å². The molecule has 2 nitrogen and oxygen atoms in total. The third-order valence-electron chi connectivity index (χ3n) is 3.17. The molecule has 0 aliphatic heterocycles. The SMILES string of the molecule is Cc1cc(N)c(Cl)cc1N(C)C(C)CC(C)C. The van der Waals surface area contributed by atoms with E-state index in [9.17, 15) is 0 Å². The molecule has 0 saturated heterocycles. The van der Waals surface area contributed by atoms with Crippen LogP contribution in [0.3, 0.4) is 0 Å². The van der Waals surface area contributed by atoms with Gasteiger partial charge in [-0.05, 0) is 43.9 Å². The Balaban J connectivity index is 2.95. The van der Waals surface area contributed by atoms with Crippen LogP contribution in [-0.4, -0.2) is 13.1 Å². The predicted octanol–water partition coefficient (Wildman–Crippen LogP) is 4.10. The lowest BCUT2D eigenvalue weighted by Crippen LogP contribution is -2.30. The maximum absolute atomic E-state index is 6.09. The topological polar surface area (TPSA) is 29.3 Å². The number of aryl methyl sites for hydroxylation is 1. The Kier molecular flexibility index (Phi) is 4.70. The number of anilines is 2. The second-order valence-corrected chi connectivity index (χ2v) is 5.66. The van der Waals surface area contributed by atoms with Crippen LogP contribution in [0.1, 0.15) is 32.8 Å². The van der Waals surface area contributed by atoms with E-state index in [1.54, 1.807) is 0 Å². The summed E-state index contributed by atoms with van der Waals surface area (Å²) in [5, 5.41) is 0.634. The average Bonchev–Trinajstić information content (AvgIpc) is 2.21. The van der Waals surface area contributed by atoms with E-state index in [0.717, 1.165) is 12.1 Å². The van der Waals surface area contributed by atoms with Gasteiger partial charge < -0.3 is 10.6 Å². The van der Waals surface area contributed by atoms with E-state index in [0.29, 0.717) is 22.7 Å². The van der Waals surface area contributed by atoms with Crippen LogP contribution in [-0.2, 0) is 0 Å². The molecule has 1 atom stereocenters. The maximum Gasteiger partial charge on any atom is 0.0656 e. The van der Waals surface area contributed by atoms with Crippen molar-refractivity contribution < 1.29 is 0 Å². The van der Waals surface area contributed by atoms with Crippen molar-refractivity contribution in [2.24, 2.45) is 5.92 Å².